The van der Waals surface area contributed by atoms with Crippen molar-refractivity contribution in [1.82, 2.24) is 10.2 Å². The molecule has 2 aliphatic rings. The van der Waals surface area contributed by atoms with Gasteiger partial charge in [-0.15, -0.1) is 0 Å². The van der Waals surface area contributed by atoms with Crippen LogP contribution in [-0.4, -0.2) is 56.2 Å². The quantitative estimate of drug-likeness (QED) is 0.706. The maximum absolute atomic E-state index is 12.4. The molecule has 7 nitrogen and oxygen atoms in total. The first-order valence-corrected chi connectivity index (χ1v) is 10.9. The Labute approximate surface area is 182 Å². The maximum atomic E-state index is 12.4. The van der Waals surface area contributed by atoms with Crippen molar-refractivity contribution in [3.8, 4) is 5.75 Å². The van der Waals surface area contributed by atoms with Crippen molar-refractivity contribution in [2.24, 2.45) is 0 Å². The van der Waals surface area contributed by atoms with Crippen molar-refractivity contribution < 1.29 is 19.1 Å². The molecule has 7 heteroatoms. The van der Waals surface area contributed by atoms with Gasteiger partial charge in [-0.2, -0.15) is 0 Å². The lowest BCUT2D eigenvalue weighted by Crippen LogP contribution is -2.36. The van der Waals surface area contributed by atoms with Gasteiger partial charge in [0.1, 0.15) is 5.75 Å². The van der Waals surface area contributed by atoms with Gasteiger partial charge in [0, 0.05) is 50.9 Å². The smallest absolute Gasteiger partial charge is 0.258 e. The number of nitrogens with one attached hydrogen (secondary N) is 1. The third kappa shape index (κ3) is 5.83. The monoisotopic (exact) mass is 423 g/mol. The molecule has 0 aromatic heterocycles. The van der Waals surface area contributed by atoms with E-state index in [4.69, 9.17) is 9.47 Å². The van der Waals surface area contributed by atoms with Gasteiger partial charge in [-0.1, -0.05) is 30.3 Å². The molecule has 2 aromatic carbocycles. The molecule has 0 unspecified atom stereocenters. The molecule has 0 radical (unpaired) electrons. The Hall–Kier alpha value is -2.90. The van der Waals surface area contributed by atoms with Crippen LogP contribution in [0.15, 0.2) is 48.5 Å². The summed E-state index contributed by atoms with van der Waals surface area (Å²) in [6.45, 7) is 5.37. The molecule has 2 aliphatic heterocycles. The van der Waals surface area contributed by atoms with Gasteiger partial charge in [-0.05, 0) is 29.7 Å². The minimum atomic E-state index is -0.177. The molecule has 4 rings (SSSR count). The summed E-state index contributed by atoms with van der Waals surface area (Å²) in [6, 6.07) is 15.5. The minimum absolute atomic E-state index is 0.0664. The number of amides is 2. The number of rotatable bonds is 8. The van der Waals surface area contributed by atoms with E-state index in [0.29, 0.717) is 18.7 Å². The van der Waals surface area contributed by atoms with Crippen molar-refractivity contribution >= 4 is 17.5 Å². The van der Waals surface area contributed by atoms with Crippen molar-refractivity contribution in [2.45, 2.75) is 25.9 Å². The van der Waals surface area contributed by atoms with E-state index in [-0.39, 0.29) is 18.4 Å². The Bertz CT molecular complexity index is 911. The predicted molar refractivity (Wildman–Crippen MR) is 118 cm³/mol. The third-order valence-corrected chi connectivity index (χ3v) is 5.66. The number of carbonyl (C=O) groups is 2. The van der Waals surface area contributed by atoms with Crippen molar-refractivity contribution in [2.75, 3.05) is 44.4 Å². The molecule has 1 N–H and O–H groups in total. The molecule has 2 heterocycles. The lowest BCUT2D eigenvalue weighted by Gasteiger charge is -2.27. The molecule has 0 saturated carbocycles. The molecule has 2 amide bonds. The Kier molecular flexibility index (Phi) is 7.17. The Morgan fingerprint density at radius 2 is 1.84 bits per heavy atom. The van der Waals surface area contributed by atoms with Gasteiger partial charge in [0.15, 0.2) is 6.61 Å². The van der Waals surface area contributed by atoms with Crippen LogP contribution in [-0.2, 0) is 27.4 Å². The molecule has 2 fully saturated rings. The Balaban J connectivity index is 1.28. The Morgan fingerprint density at radius 3 is 2.61 bits per heavy atom. The van der Waals surface area contributed by atoms with Gasteiger partial charge >= 0.3 is 0 Å². The number of anilines is 1. The fraction of sp³-hybridized carbons (Fsp3) is 0.417. The van der Waals surface area contributed by atoms with E-state index >= 15 is 0 Å². The first kappa shape index (κ1) is 21.3. The first-order valence-electron chi connectivity index (χ1n) is 10.9. The van der Waals surface area contributed by atoms with E-state index in [2.05, 4.69) is 16.3 Å². The number of benzene rings is 2. The topological polar surface area (TPSA) is 71.1 Å². The number of ether oxygens (including phenoxy) is 2. The zero-order valence-corrected chi connectivity index (χ0v) is 17.7. The second kappa shape index (κ2) is 10.4. The summed E-state index contributed by atoms with van der Waals surface area (Å²) in [5.74, 6) is 0.537. The third-order valence-electron chi connectivity index (χ3n) is 5.66. The number of carbonyl (C=O) groups excluding carboxylic acids is 2. The van der Waals surface area contributed by atoms with Gasteiger partial charge in [0.05, 0.1) is 13.2 Å². The van der Waals surface area contributed by atoms with Crippen LogP contribution < -0.4 is 15.0 Å². The van der Waals surface area contributed by atoms with Crippen LogP contribution in [0.2, 0.25) is 0 Å². The van der Waals surface area contributed by atoms with Gasteiger partial charge in [-0.25, -0.2) is 0 Å². The van der Waals surface area contributed by atoms with E-state index in [1.54, 1.807) is 11.0 Å². The summed E-state index contributed by atoms with van der Waals surface area (Å²) in [6.07, 6.45) is 1.46. The molecule has 0 spiro atoms. The number of hydrogen-bond acceptors (Lipinski definition) is 5. The summed E-state index contributed by atoms with van der Waals surface area (Å²) in [5.41, 5.74) is 3.14. The van der Waals surface area contributed by atoms with Crippen molar-refractivity contribution in [1.29, 1.82) is 0 Å². The summed E-state index contributed by atoms with van der Waals surface area (Å²) >= 11 is 0. The number of nitrogens with zero attached hydrogens (tertiary/aromatic N) is 2. The molecule has 164 valence electrons. The fourth-order valence-electron chi connectivity index (χ4n) is 3.94. The highest BCUT2D eigenvalue weighted by Crippen LogP contribution is 2.25. The Morgan fingerprint density at radius 1 is 1.03 bits per heavy atom. The van der Waals surface area contributed by atoms with E-state index < -0.39 is 0 Å². The summed E-state index contributed by atoms with van der Waals surface area (Å²) < 4.78 is 11.1. The highest BCUT2D eigenvalue weighted by Gasteiger charge is 2.22. The fourth-order valence-corrected chi connectivity index (χ4v) is 3.94. The van der Waals surface area contributed by atoms with E-state index in [1.807, 2.05) is 36.4 Å². The van der Waals surface area contributed by atoms with Crippen LogP contribution in [0.4, 0.5) is 5.69 Å². The number of morpholine rings is 1. The summed E-state index contributed by atoms with van der Waals surface area (Å²) in [5, 5.41) is 2.95. The van der Waals surface area contributed by atoms with Gasteiger partial charge in [-0.3, -0.25) is 14.5 Å². The molecule has 0 aliphatic carbocycles. The SMILES string of the molecule is O=C(COc1cccc(N2CCCC2=O)c1)NCc1ccccc1CN1CCOCC1. The van der Waals surface area contributed by atoms with Crippen LogP contribution in [0.5, 0.6) is 5.75 Å². The summed E-state index contributed by atoms with van der Waals surface area (Å²) in [7, 11) is 0. The zero-order valence-electron chi connectivity index (χ0n) is 17.7. The molecule has 2 aromatic rings. The van der Waals surface area contributed by atoms with Gasteiger partial charge < -0.3 is 19.7 Å². The van der Waals surface area contributed by atoms with Gasteiger partial charge in [0.25, 0.3) is 5.91 Å². The normalized spacial score (nSPS) is 17.0. The van der Waals surface area contributed by atoms with E-state index in [0.717, 1.165) is 57.1 Å². The van der Waals surface area contributed by atoms with Crippen LogP contribution >= 0.6 is 0 Å². The van der Waals surface area contributed by atoms with E-state index in [9.17, 15) is 9.59 Å². The van der Waals surface area contributed by atoms with Crippen LogP contribution in [0.3, 0.4) is 0 Å². The molecule has 0 bridgehead atoms. The zero-order chi connectivity index (χ0) is 21.5. The lowest BCUT2D eigenvalue weighted by atomic mass is 10.1. The second-order valence-corrected chi connectivity index (χ2v) is 7.87. The van der Waals surface area contributed by atoms with E-state index in [1.165, 1.54) is 5.56 Å². The molecule has 31 heavy (non-hydrogen) atoms. The average molecular weight is 424 g/mol. The molecular formula is C24H29N3O4. The van der Waals surface area contributed by atoms with Crippen molar-refractivity contribution in [3.05, 3.63) is 59.7 Å². The lowest BCUT2D eigenvalue weighted by molar-refractivity contribution is -0.123. The summed E-state index contributed by atoms with van der Waals surface area (Å²) in [4.78, 5) is 28.4. The van der Waals surface area contributed by atoms with Crippen LogP contribution in [0, 0.1) is 0 Å². The largest absolute Gasteiger partial charge is 0.484 e. The van der Waals surface area contributed by atoms with Crippen molar-refractivity contribution in [3.63, 3.8) is 0 Å². The van der Waals surface area contributed by atoms with Crippen LogP contribution in [0.1, 0.15) is 24.0 Å². The molecule has 0 atom stereocenters. The highest BCUT2D eigenvalue weighted by molar-refractivity contribution is 5.95. The minimum Gasteiger partial charge on any atom is -0.484 e. The van der Waals surface area contributed by atoms with Gasteiger partial charge in [0.2, 0.25) is 5.91 Å². The number of hydrogen-bond donors (Lipinski definition) is 1. The van der Waals surface area contributed by atoms with Crippen LogP contribution in [0.25, 0.3) is 0 Å². The molecule has 2 saturated heterocycles. The predicted octanol–water partition coefficient (Wildman–Crippen LogP) is 2.34. The first-order chi connectivity index (χ1) is 15.2. The average Bonchev–Trinajstić information content (AvgIpc) is 3.24. The standard InChI is InChI=1S/C24H29N3O4/c28-23(18-31-22-8-3-7-21(15-22)27-10-4-9-24(27)29)25-16-19-5-1-2-6-20(19)17-26-11-13-30-14-12-26/h1-3,5-8,15H,4,9-14,16-18H2,(H,25,28). The molecular weight excluding hydrogens is 394 g/mol. The second-order valence-electron chi connectivity index (χ2n) is 7.87. The highest BCUT2D eigenvalue weighted by atomic mass is 16.5. The maximum Gasteiger partial charge on any atom is 0.258 e.